The first-order valence-electron chi connectivity index (χ1n) is 9.92. The molecule has 0 radical (unpaired) electrons. The average Bonchev–Trinajstić information content (AvgIpc) is 2.75. The molecule has 1 fully saturated rings. The van der Waals surface area contributed by atoms with Crippen molar-refractivity contribution in [1.29, 1.82) is 0 Å². The van der Waals surface area contributed by atoms with E-state index in [1.54, 1.807) is 0 Å². The van der Waals surface area contributed by atoms with Crippen LogP contribution in [0.15, 0.2) is 47.4 Å². The number of para-hydroxylation sites is 1. The first-order valence-corrected chi connectivity index (χ1v) is 11.4. The summed E-state index contributed by atoms with van der Waals surface area (Å²) in [6.07, 6.45) is 2.75. The molecule has 7 nitrogen and oxygen atoms in total. The van der Waals surface area contributed by atoms with Crippen molar-refractivity contribution in [2.24, 2.45) is 0 Å². The number of nitrogens with zero attached hydrogens (tertiary/aromatic N) is 1. The van der Waals surface area contributed by atoms with Gasteiger partial charge in [0, 0.05) is 18.8 Å². The van der Waals surface area contributed by atoms with Crippen LogP contribution >= 0.6 is 0 Å². The van der Waals surface area contributed by atoms with Crippen LogP contribution in [0.1, 0.15) is 40.7 Å². The molecular formula is C22H26N2O5S. The Morgan fingerprint density at radius 2 is 1.57 bits per heavy atom. The van der Waals surface area contributed by atoms with Gasteiger partial charge < -0.3 is 10.1 Å². The summed E-state index contributed by atoms with van der Waals surface area (Å²) >= 11 is 0. The highest BCUT2D eigenvalue weighted by molar-refractivity contribution is 7.89. The predicted molar refractivity (Wildman–Crippen MR) is 114 cm³/mol. The third kappa shape index (κ3) is 5.06. The molecule has 8 heteroatoms. The topological polar surface area (TPSA) is 92.8 Å². The fraction of sp³-hybridized carbons (Fsp3) is 0.364. The van der Waals surface area contributed by atoms with Crippen LogP contribution in [-0.2, 0) is 19.6 Å². The SMILES string of the molecule is Cc1cccc(C)c1NC(=O)COC(=O)c1ccc(S(=O)(=O)N2CCCCC2)cc1. The number of ether oxygens (including phenoxy) is 1. The number of piperidine rings is 1. The Morgan fingerprint density at radius 1 is 0.967 bits per heavy atom. The third-order valence-corrected chi connectivity index (χ3v) is 7.04. The van der Waals surface area contributed by atoms with E-state index >= 15 is 0 Å². The molecule has 1 amide bonds. The fourth-order valence-corrected chi connectivity index (χ4v) is 4.94. The lowest BCUT2D eigenvalue weighted by molar-refractivity contribution is -0.119. The highest BCUT2D eigenvalue weighted by Crippen LogP contribution is 2.21. The summed E-state index contributed by atoms with van der Waals surface area (Å²) in [6.45, 7) is 4.37. The van der Waals surface area contributed by atoms with Gasteiger partial charge in [0.2, 0.25) is 10.0 Å². The van der Waals surface area contributed by atoms with E-state index in [9.17, 15) is 18.0 Å². The van der Waals surface area contributed by atoms with Gasteiger partial charge in [-0.25, -0.2) is 13.2 Å². The zero-order valence-corrected chi connectivity index (χ0v) is 18.0. The zero-order chi connectivity index (χ0) is 21.7. The minimum absolute atomic E-state index is 0.147. The van der Waals surface area contributed by atoms with Crippen molar-refractivity contribution in [3.05, 3.63) is 59.2 Å². The second-order valence-corrected chi connectivity index (χ2v) is 9.32. The molecule has 160 valence electrons. The number of hydrogen-bond donors (Lipinski definition) is 1. The van der Waals surface area contributed by atoms with Crippen molar-refractivity contribution in [2.45, 2.75) is 38.0 Å². The van der Waals surface area contributed by atoms with Gasteiger partial charge >= 0.3 is 5.97 Å². The summed E-state index contributed by atoms with van der Waals surface area (Å²) in [7, 11) is -3.56. The summed E-state index contributed by atoms with van der Waals surface area (Å²) < 4.78 is 31.9. The van der Waals surface area contributed by atoms with E-state index in [0.29, 0.717) is 18.8 Å². The molecule has 0 spiro atoms. The lowest BCUT2D eigenvalue weighted by Gasteiger charge is -2.25. The van der Waals surface area contributed by atoms with E-state index in [1.165, 1.54) is 28.6 Å². The van der Waals surface area contributed by atoms with Crippen molar-refractivity contribution >= 4 is 27.6 Å². The van der Waals surface area contributed by atoms with Crippen LogP contribution in [0.5, 0.6) is 0 Å². The molecule has 1 N–H and O–H groups in total. The molecule has 1 aliphatic heterocycles. The number of nitrogens with one attached hydrogen (secondary N) is 1. The Balaban J connectivity index is 1.59. The van der Waals surface area contributed by atoms with Crippen LogP contribution in [0, 0.1) is 13.8 Å². The molecule has 1 heterocycles. The van der Waals surface area contributed by atoms with E-state index in [-0.39, 0.29) is 10.5 Å². The molecule has 30 heavy (non-hydrogen) atoms. The highest BCUT2D eigenvalue weighted by atomic mass is 32.2. The van der Waals surface area contributed by atoms with Crippen LogP contribution < -0.4 is 5.32 Å². The quantitative estimate of drug-likeness (QED) is 0.710. The molecule has 0 atom stereocenters. The van der Waals surface area contributed by atoms with Crippen molar-refractivity contribution in [3.8, 4) is 0 Å². The number of benzene rings is 2. The summed E-state index contributed by atoms with van der Waals surface area (Å²) in [5.41, 5.74) is 2.72. The molecular weight excluding hydrogens is 404 g/mol. The lowest BCUT2D eigenvalue weighted by Crippen LogP contribution is -2.35. The van der Waals surface area contributed by atoms with Crippen molar-refractivity contribution < 1.29 is 22.7 Å². The molecule has 1 aliphatic rings. The molecule has 0 bridgehead atoms. The zero-order valence-electron chi connectivity index (χ0n) is 17.2. The van der Waals surface area contributed by atoms with E-state index in [4.69, 9.17) is 4.74 Å². The summed E-state index contributed by atoms with van der Waals surface area (Å²) in [5.74, 6) is -1.13. The van der Waals surface area contributed by atoms with Gasteiger partial charge in [-0.15, -0.1) is 0 Å². The minimum atomic E-state index is -3.56. The van der Waals surface area contributed by atoms with Gasteiger partial charge in [0.05, 0.1) is 10.5 Å². The number of rotatable bonds is 6. The van der Waals surface area contributed by atoms with Gasteiger partial charge in [-0.05, 0) is 62.1 Å². The van der Waals surface area contributed by atoms with Crippen LogP contribution in [0.25, 0.3) is 0 Å². The minimum Gasteiger partial charge on any atom is -0.452 e. The second kappa shape index (κ2) is 9.40. The number of amides is 1. The Morgan fingerprint density at radius 3 is 2.17 bits per heavy atom. The summed E-state index contributed by atoms with van der Waals surface area (Å²) in [6, 6.07) is 11.3. The van der Waals surface area contributed by atoms with Crippen molar-refractivity contribution in [3.63, 3.8) is 0 Å². The molecule has 2 aromatic carbocycles. The van der Waals surface area contributed by atoms with Crippen molar-refractivity contribution in [2.75, 3.05) is 25.0 Å². The molecule has 2 aromatic rings. The second-order valence-electron chi connectivity index (χ2n) is 7.38. The number of anilines is 1. The Hall–Kier alpha value is -2.71. The summed E-state index contributed by atoms with van der Waals surface area (Å²) in [5, 5.41) is 2.75. The first-order chi connectivity index (χ1) is 14.3. The van der Waals surface area contributed by atoms with Crippen LogP contribution in [-0.4, -0.2) is 44.3 Å². The van der Waals surface area contributed by atoms with Gasteiger partial charge in [-0.2, -0.15) is 4.31 Å². The van der Waals surface area contributed by atoms with Crippen LogP contribution in [0.3, 0.4) is 0 Å². The van der Waals surface area contributed by atoms with E-state index in [2.05, 4.69) is 5.32 Å². The van der Waals surface area contributed by atoms with Crippen LogP contribution in [0.2, 0.25) is 0 Å². The lowest BCUT2D eigenvalue weighted by atomic mass is 10.1. The van der Waals surface area contributed by atoms with E-state index in [0.717, 1.165) is 30.4 Å². The van der Waals surface area contributed by atoms with Crippen molar-refractivity contribution in [1.82, 2.24) is 4.31 Å². The van der Waals surface area contributed by atoms with Gasteiger partial charge in [-0.3, -0.25) is 4.79 Å². The molecule has 1 saturated heterocycles. The monoisotopic (exact) mass is 430 g/mol. The maximum Gasteiger partial charge on any atom is 0.338 e. The van der Waals surface area contributed by atoms with E-state index < -0.39 is 28.5 Å². The third-order valence-electron chi connectivity index (χ3n) is 5.12. The number of aryl methyl sites for hydroxylation is 2. The number of carbonyl (C=O) groups is 2. The van der Waals surface area contributed by atoms with Gasteiger partial charge in [0.1, 0.15) is 0 Å². The molecule has 3 rings (SSSR count). The molecule has 0 aromatic heterocycles. The Labute approximate surface area is 177 Å². The smallest absolute Gasteiger partial charge is 0.338 e. The normalized spacial score (nSPS) is 14.9. The van der Waals surface area contributed by atoms with Crippen LogP contribution in [0.4, 0.5) is 5.69 Å². The number of hydrogen-bond acceptors (Lipinski definition) is 5. The van der Waals surface area contributed by atoms with Gasteiger partial charge in [0.15, 0.2) is 6.61 Å². The Kier molecular flexibility index (Phi) is 6.89. The number of sulfonamides is 1. The molecule has 0 unspecified atom stereocenters. The number of carbonyl (C=O) groups excluding carboxylic acids is 2. The average molecular weight is 431 g/mol. The largest absolute Gasteiger partial charge is 0.452 e. The summed E-state index contributed by atoms with van der Waals surface area (Å²) in [4.78, 5) is 24.5. The highest BCUT2D eigenvalue weighted by Gasteiger charge is 2.26. The fourth-order valence-electron chi connectivity index (χ4n) is 3.42. The first kappa shape index (κ1) is 22.0. The van der Waals surface area contributed by atoms with Gasteiger partial charge in [-0.1, -0.05) is 24.6 Å². The van der Waals surface area contributed by atoms with Gasteiger partial charge in [0.25, 0.3) is 5.91 Å². The molecule has 0 saturated carbocycles. The standard InChI is InChI=1S/C22H26N2O5S/c1-16-7-6-8-17(2)21(16)23-20(25)15-29-22(26)18-9-11-19(12-10-18)30(27,28)24-13-4-3-5-14-24/h6-12H,3-5,13-15H2,1-2H3,(H,23,25). The molecule has 0 aliphatic carbocycles. The number of esters is 1. The Bertz CT molecular complexity index is 1010. The predicted octanol–water partition coefficient (Wildman–Crippen LogP) is 3.27. The maximum atomic E-state index is 12.7. The van der Waals surface area contributed by atoms with E-state index in [1.807, 2.05) is 32.0 Å². The maximum absolute atomic E-state index is 12.7.